The third kappa shape index (κ3) is 10.1. The maximum absolute atomic E-state index is 12.5. The van der Waals surface area contributed by atoms with E-state index >= 15 is 0 Å². The minimum atomic E-state index is -0.242. The van der Waals surface area contributed by atoms with Crippen molar-refractivity contribution in [3.8, 4) is 0 Å². The summed E-state index contributed by atoms with van der Waals surface area (Å²) in [6, 6.07) is 0. The van der Waals surface area contributed by atoms with Gasteiger partial charge in [-0.05, 0) is 25.7 Å². The standard InChI is InChI=1S/C21H40O3/c1-5-9-10-11-12-13-17-24-21(23)19(15-7-3)18(14-6-2)20(22)16-8-4/h18-19H,5-17H2,1-4H3. The maximum atomic E-state index is 12.5. The quantitative estimate of drug-likeness (QED) is 0.252. The van der Waals surface area contributed by atoms with E-state index in [0.717, 1.165) is 44.9 Å². The van der Waals surface area contributed by atoms with Gasteiger partial charge in [0.15, 0.2) is 0 Å². The number of carbonyl (C=O) groups is 2. The first-order valence-electron chi connectivity index (χ1n) is 10.3. The summed E-state index contributed by atoms with van der Waals surface area (Å²) in [5.74, 6) is -0.288. The van der Waals surface area contributed by atoms with Crippen LogP contribution in [0, 0.1) is 11.8 Å². The van der Waals surface area contributed by atoms with Crippen LogP contribution in [-0.2, 0) is 14.3 Å². The molecule has 0 aromatic heterocycles. The highest BCUT2D eigenvalue weighted by Crippen LogP contribution is 2.26. The number of esters is 1. The number of carbonyl (C=O) groups excluding carboxylic acids is 2. The van der Waals surface area contributed by atoms with Gasteiger partial charge in [0.1, 0.15) is 5.78 Å². The molecular weight excluding hydrogens is 300 g/mol. The summed E-state index contributed by atoms with van der Waals surface area (Å²) in [6.07, 6.45) is 11.9. The average molecular weight is 341 g/mol. The third-order valence-corrected chi connectivity index (χ3v) is 4.64. The summed E-state index contributed by atoms with van der Waals surface area (Å²) in [6.45, 7) is 8.89. The van der Waals surface area contributed by atoms with Crippen molar-refractivity contribution in [1.29, 1.82) is 0 Å². The SMILES string of the molecule is CCCCCCCCOC(=O)C(CCC)C(CCC)C(=O)CCC. The Kier molecular flexibility index (Phi) is 15.1. The second kappa shape index (κ2) is 15.7. The molecule has 0 spiro atoms. The lowest BCUT2D eigenvalue weighted by atomic mass is 9.81. The first-order valence-corrected chi connectivity index (χ1v) is 10.3. The van der Waals surface area contributed by atoms with E-state index in [9.17, 15) is 9.59 Å². The highest BCUT2D eigenvalue weighted by molar-refractivity contribution is 5.86. The molecule has 0 bridgehead atoms. The summed E-state index contributed by atoms with van der Waals surface area (Å²) in [4.78, 5) is 24.9. The molecule has 3 heteroatoms. The van der Waals surface area contributed by atoms with Crippen LogP contribution in [0.15, 0.2) is 0 Å². The molecule has 142 valence electrons. The Labute approximate surface area is 149 Å². The number of ketones is 1. The van der Waals surface area contributed by atoms with Gasteiger partial charge < -0.3 is 4.74 Å². The predicted octanol–water partition coefficient (Wildman–Crippen LogP) is 6.09. The fraction of sp³-hybridized carbons (Fsp3) is 0.905. The van der Waals surface area contributed by atoms with E-state index in [1.807, 2.05) is 6.92 Å². The van der Waals surface area contributed by atoms with Gasteiger partial charge in [0.05, 0.1) is 12.5 Å². The van der Waals surface area contributed by atoms with Gasteiger partial charge in [-0.3, -0.25) is 9.59 Å². The monoisotopic (exact) mass is 340 g/mol. The van der Waals surface area contributed by atoms with Crippen LogP contribution in [0.2, 0.25) is 0 Å². The molecule has 0 saturated heterocycles. The lowest BCUT2D eigenvalue weighted by Gasteiger charge is -2.24. The van der Waals surface area contributed by atoms with Crippen LogP contribution in [0.4, 0.5) is 0 Å². The van der Waals surface area contributed by atoms with Gasteiger partial charge >= 0.3 is 5.97 Å². The molecule has 0 aliphatic rings. The summed E-state index contributed by atoms with van der Waals surface area (Å²) < 4.78 is 5.53. The fourth-order valence-electron chi connectivity index (χ4n) is 3.29. The zero-order chi connectivity index (χ0) is 18.2. The highest BCUT2D eigenvalue weighted by Gasteiger charge is 2.32. The number of ether oxygens (including phenoxy) is 1. The number of hydrogen-bond acceptors (Lipinski definition) is 3. The Bertz CT molecular complexity index is 325. The van der Waals surface area contributed by atoms with Crippen molar-refractivity contribution in [2.45, 2.75) is 105 Å². The molecule has 0 aliphatic carbocycles. The van der Waals surface area contributed by atoms with E-state index in [1.54, 1.807) is 0 Å². The van der Waals surface area contributed by atoms with Crippen molar-refractivity contribution < 1.29 is 14.3 Å². The molecule has 0 aromatic carbocycles. The second-order valence-electron chi connectivity index (χ2n) is 6.94. The summed E-state index contributed by atoms with van der Waals surface area (Å²) in [5.41, 5.74) is 0. The molecule has 0 aromatic rings. The largest absolute Gasteiger partial charge is 0.465 e. The molecule has 3 nitrogen and oxygen atoms in total. The van der Waals surface area contributed by atoms with Crippen molar-refractivity contribution >= 4 is 11.8 Å². The first kappa shape index (κ1) is 23.1. The molecule has 0 fully saturated rings. The zero-order valence-corrected chi connectivity index (χ0v) is 16.6. The summed E-state index contributed by atoms with van der Waals surface area (Å²) in [5, 5.41) is 0. The van der Waals surface area contributed by atoms with Crippen LogP contribution < -0.4 is 0 Å². The summed E-state index contributed by atoms with van der Waals surface area (Å²) >= 11 is 0. The van der Waals surface area contributed by atoms with Crippen LogP contribution in [0.1, 0.15) is 105 Å². The molecule has 2 atom stereocenters. The molecule has 2 unspecified atom stereocenters. The van der Waals surface area contributed by atoms with Crippen molar-refractivity contribution in [2.75, 3.05) is 6.61 Å². The smallest absolute Gasteiger partial charge is 0.309 e. The van der Waals surface area contributed by atoms with E-state index in [0.29, 0.717) is 13.0 Å². The van der Waals surface area contributed by atoms with E-state index in [4.69, 9.17) is 4.74 Å². The Balaban J connectivity index is 4.43. The molecule has 0 heterocycles. The van der Waals surface area contributed by atoms with Gasteiger partial charge in [0.2, 0.25) is 0 Å². The normalized spacial score (nSPS) is 13.5. The number of unbranched alkanes of at least 4 members (excludes halogenated alkanes) is 5. The summed E-state index contributed by atoms with van der Waals surface area (Å²) in [7, 11) is 0. The van der Waals surface area contributed by atoms with Gasteiger partial charge in [0, 0.05) is 12.3 Å². The molecule has 0 rings (SSSR count). The number of hydrogen-bond donors (Lipinski definition) is 0. The topological polar surface area (TPSA) is 43.4 Å². The van der Waals surface area contributed by atoms with Crippen LogP contribution in [0.5, 0.6) is 0 Å². The number of rotatable bonds is 16. The molecular formula is C21H40O3. The Morgan fingerprint density at radius 2 is 1.29 bits per heavy atom. The van der Waals surface area contributed by atoms with Gasteiger partial charge in [-0.15, -0.1) is 0 Å². The molecule has 0 radical (unpaired) electrons. The van der Waals surface area contributed by atoms with Crippen LogP contribution >= 0.6 is 0 Å². The molecule has 0 saturated carbocycles. The van der Waals surface area contributed by atoms with Crippen LogP contribution in [0.3, 0.4) is 0 Å². The molecule has 24 heavy (non-hydrogen) atoms. The highest BCUT2D eigenvalue weighted by atomic mass is 16.5. The Morgan fingerprint density at radius 3 is 1.88 bits per heavy atom. The van der Waals surface area contributed by atoms with Crippen molar-refractivity contribution in [3.63, 3.8) is 0 Å². The van der Waals surface area contributed by atoms with E-state index in [2.05, 4.69) is 20.8 Å². The number of Topliss-reactive ketones (excluding diaryl/α,β-unsaturated/α-hetero) is 1. The minimum Gasteiger partial charge on any atom is -0.465 e. The Hall–Kier alpha value is -0.860. The zero-order valence-electron chi connectivity index (χ0n) is 16.6. The van der Waals surface area contributed by atoms with Gasteiger partial charge in [-0.25, -0.2) is 0 Å². The molecule has 0 N–H and O–H groups in total. The van der Waals surface area contributed by atoms with Gasteiger partial charge in [0.25, 0.3) is 0 Å². The second-order valence-corrected chi connectivity index (χ2v) is 6.94. The van der Waals surface area contributed by atoms with Crippen LogP contribution in [0.25, 0.3) is 0 Å². The van der Waals surface area contributed by atoms with Gasteiger partial charge in [-0.1, -0.05) is 72.6 Å². The first-order chi connectivity index (χ1) is 11.6. The lowest BCUT2D eigenvalue weighted by Crippen LogP contribution is -2.31. The van der Waals surface area contributed by atoms with E-state index < -0.39 is 0 Å². The third-order valence-electron chi connectivity index (χ3n) is 4.64. The average Bonchev–Trinajstić information content (AvgIpc) is 2.57. The van der Waals surface area contributed by atoms with Crippen LogP contribution in [-0.4, -0.2) is 18.4 Å². The van der Waals surface area contributed by atoms with E-state index in [-0.39, 0.29) is 23.6 Å². The molecule has 0 aliphatic heterocycles. The van der Waals surface area contributed by atoms with E-state index in [1.165, 1.54) is 25.7 Å². The maximum Gasteiger partial charge on any atom is 0.309 e. The minimum absolute atomic E-state index is 0.145. The van der Waals surface area contributed by atoms with Crippen molar-refractivity contribution in [2.24, 2.45) is 11.8 Å². The van der Waals surface area contributed by atoms with Crippen molar-refractivity contribution in [3.05, 3.63) is 0 Å². The van der Waals surface area contributed by atoms with Gasteiger partial charge in [-0.2, -0.15) is 0 Å². The Morgan fingerprint density at radius 1 is 0.708 bits per heavy atom. The molecule has 0 amide bonds. The lowest BCUT2D eigenvalue weighted by molar-refractivity contribution is -0.153. The predicted molar refractivity (Wildman–Crippen MR) is 101 cm³/mol. The fourth-order valence-corrected chi connectivity index (χ4v) is 3.29. The van der Waals surface area contributed by atoms with Crippen molar-refractivity contribution in [1.82, 2.24) is 0 Å².